The fraction of sp³-hybridized carbons (Fsp3) is 0.182. The maximum Gasteiger partial charge on any atom is 0.179 e. The first-order valence-corrected chi connectivity index (χ1v) is 5.17. The molecule has 0 fully saturated rings. The van der Waals surface area contributed by atoms with Crippen LogP contribution < -0.4 is 5.73 Å². The van der Waals surface area contributed by atoms with E-state index < -0.39 is 6.04 Å². The van der Waals surface area contributed by atoms with Crippen molar-refractivity contribution >= 4 is 29.0 Å². The van der Waals surface area contributed by atoms with Crippen LogP contribution >= 0.6 is 23.2 Å². The number of carbonyl (C=O) groups is 1. The van der Waals surface area contributed by atoms with E-state index in [1.807, 2.05) is 0 Å². The Morgan fingerprint density at radius 1 is 1.47 bits per heavy atom. The summed E-state index contributed by atoms with van der Waals surface area (Å²) in [5.41, 5.74) is 6.12. The molecule has 0 heterocycles. The Hall–Kier alpha value is -0.830. The van der Waals surface area contributed by atoms with Crippen molar-refractivity contribution in [3.05, 3.63) is 46.5 Å². The second-order valence-electron chi connectivity index (χ2n) is 3.12. The number of ketones is 1. The molecule has 1 rings (SSSR count). The minimum absolute atomic E-state index is 0.159. The number of halogens is 2. The van der Waals surface area contributed by atoms with E-state index in [9.17, 15) is 4.79 Å². The molecule has 0 aliphatic carbocycles. The molecule has 0 aliphatic rings. The molecule has 2 N–H and O–H groups in total. The summed E-state index contributed by atoms with van der Waals surface area (Å²) in [7, 11) is 0. The molecule has 0 radical (unpaired) electrons. The third kappa shape index (κ3) is 3.06. The smallest absolute Gasteiger partial charge is 0.179 e. The van der Waals surface area contributed by atoms with Gasteiger partial charge in [-0.25, -0.2) is 0 Å². The van der Waals surface area contributed by atoms with Gasteiger partial charge in [0.15, 0.2) is 5.78 Å². The molecule has 0 spiro atoms. The Morgan fingerprint density at radius 3 is 2.67 bits per heavy atom. The van der Waals surface area contributed by atoms with Crippen LogP contribution in [-0.4, -0.2) is 11.8 Å². The second kappa shape index (κ2) is 5.31. The molecule has 0 bridgehead atoms. The molecule has 0 saturated heterocycles. The number of rotatable bonds is 4. The predicted molar refractivity (Wildman–Crippen MR) is 63.6 cm³/mol. The van der Waals surface area contributed by atoms with Gasteiger partial charge in [0.1, 0.15) is 0 Å². The molecule has 15 heavy (non-hydrogen) atoms. The van der Waals surface area contributed by atoms with Gasteiger partial charge >= 0.3 is 0 Å². The van der Waals surface area contributed by atoms with Gasteiger partial charge < -0.3 is 5.73 Å². The van der Waals surface area contributed by atoms with Gasteiger partial charge in [0.05, 0.1) is 16.1 Å². The minimum Gasteiger partial charge on any atom is -0.321 e. The predicted octanol–water partition coefficient (Wildman–Crippen LogP) is 3.08. The van der Waals surface area contributed by atoms with Crippen LogP contribution in [0.15, 0.2) is 30.9 Å². The summed E-state index contributed by atoms with van der Waals surface area (Å²) in [4.78, 5) is 11.7. The first kappa shape index (κ1) is 12.2. The van der Waals surface area contributed by atoms with Gasteiger partial charge in [0.25, 0.3) is 0 Å². The fourth-order valence-corrected chi connectivity index (χ4v) is 1.45. The highest BCUT2D eigenvalue weighted by Crippen LogP contribution is 2.23. The van der Waals surface area contributed by atoms with Crippen LogP contribution in [0.1, 0.15) is 16.8 Å². The van der Waals surface area contributed by atoms with E-state index in [1.165, 1.54) is 6.07 Å². The highest BCUT2D eigenvalue weighted by molar-refractivity contribution is 6.42. The monoisotopic (exact) mass is 243 g/mol. The zero-order valence-electron chi connectivity index (χ0n) is 8.04. The third-order valence-electron chi connectivity index (χ3n) is 1.96. The van der Waals surface area contributed by atoms with Crippen molar-refractivity contribution in [1.82, 2.24) is 0 Å². The van der Waals surface area contributed by atoms with E-state index in [0.717, 1.165) is 0 Å². The van der Waals surface area contributed by atoms with Gasteiger partial charge in [0.2, 0.25) is 0 Å². The fourth-order valence-electron chi connectivity index (χ4n) is 1.15. The van der Waals surface area contributed by atoms with Crippen molar-refractivity contribution in [1.29, 1.82) is 0 Å². The molecule has 4 heteroatoms. The number of nitrogens with two attached hydrogens (primary N) is 1. The number of hydrogen-bond donors (Lipinski definition) is 1. The summed E-state index contributed by atoms with van der Waals surface area (Å²) < 4.78 is 0. The molecule has 1 unspecified atom stereocenters. The standard InChI is InChI=1S/C11H11Cl2NO/c1-2-3-10(14)11(15)7-4-5-8(12)9(13)6-7/h2,4-6,10H,1,3,14H2. The zero-order chi connectivity index (χ0) is 11.4. The van der Waals surface area contributed by atoms with Crippen LogP contribution in [0.2, 0.25) is 10.0 Å². The summed E-state index contributed by atoms with van der Waals surface area (Å²) in [5, 5.41) is 0.777. The normalized spacial score (nSPS) is 12.2. The lowest BCUT2D eigenvalue weighted by molar-refractivity contribution is 0.0962. The minimum atomic E-state index is -0.570. The Labute approximate surface area is 98.7 Å². The lowest BCUT2D eigenvalue weighted by Gasteiger charge is -2.08. The quantitative estimate of drug-likeness (QED) is 0.653. The van der Waals surface area contributed by atoms with Gasteiger partial charge in [-0.1, -0.05) is 29.3 Å². The molecule has 0 aromatic heterocycles. The molecule has 80 valence electrons. The number of hydrogen-bond acceptors (Lipinski definition) is 2. The van der Waals surface area contributed by atoms with Gasteiger partial charge in [-0.2, -0.15) is 0 Å². The van der Waals surface area contributed by atoms with Crippen molar-refractivity contribution in [2.75, 3.05) is 0 Å². The first-order chi connectivity index (χ1) is 7.06. The van der Waals surface area contributed by atoms with Crippen LogP contribution in [-0.2, 0) is 0 Å². The van der Waals surface area contributed by atoms with Crippen molar-refractivity contribution in [3.63, 3.8) is 0 Å². The van der Waals surface area contributed by atoms with Gasteiger partial charge in [-0.05, 0) is 24.6 Å². The topological polar surface area (TPSA) is 43.1 Å². The van der Waals surface area contributed by atoms with Crippen LogP contribution in [0.4, 0.5) is 0 Å². The molecule has 0 amide bonds. The van der Waals surface area contributed by atoms with Gasteiger partial charge in [-0.15, -0.1) is 6.58 Å². The largest absolute Gasteiger partial charge is 0.321 e. The summed E-state index contributed by atoms with van der Waals surface area (Å²) >= 11 is 11.5. The average molecular weight is 244 g/mol. The van der Waals surface area contributed by atoms with E-state index in [4.69, 9.17) is 28.9 Å². The van der Waals surface area contributed by atoms with Crippen molar-refractivity contribution in [3.8, 4) is 0 Å². The van der Waals surface area contributed by atoms with Crippen LogP contribution in [0.25, 0.3) is 0 Å². The highest BCUT2D eigenvalue weighted by Gasteiger charge is 2.14. The molecule has 0 saturated carbocycles. The molecular weight excluding hydrogens is 233 g/mol. The Bertz CT molecular complexity index is 390. The molecule has 1 aromatic carbocycles. The molecule has 1 aromatic rings. The molecule has 0 aliphatic heterocycles. The van der Waals surface area contributed by atoms with Crippen LogP contribution in [0.5, 0.6) is 0 Å². The van der Waals surface area contributed by atoms with E-state index in [1.54, 1.807) is 18.2 Å². The SMILES string of the molecule is C=CCC(N)C(=O)c1ccc(Cl)c(Cl)c1. The van der Waals surface area contributed by atoms with Gasteiger partial charge in [0, 0.05) is 5.56 Å². The summed E-state index contributed by atoms with van der Waals surface area (Å²) in [6.45, 7) is 3.53. The molecular formula is C11H11Cl2NO. The van der Waals surface area contributed by atoms with E-state index in [-0.39, 0.29) is 5.78 Å². The number of carbonyl (C=O) groups excluding carboxylic acids is 1. The van der Waals surface area contributed by atoms with E-state index >= 15 is 0 Å². The lowest BCUT2D eigenvalue weighted by atomic mass is 10.0. The Balaban J connectivity index is 2.91. The van der Waals surface area contributed by atoms with Crippen molar-refractivity contribution in [2.45, 2.75) is 12.5 Å². The van der Waals surface area contributed by atoms with E-state index in [2.05, 4.69) is 6.58 Å². The molecule has 2 nitrogen and oxygen atoms in total. The average Bonchev–Trinajstić information content (AvgIpc) is 2.21. The van der Waals surface area contributed by atoms with Crippen LogP contribution in [0, 0.1) is 0 Å². The maximum absolute atomic E-state index is 11.7. The Morgan fingerprint density at radius 2 is 2.13 bits per heavy atom. The Kier molecular flexibility index (Phi) is 4.33. The second-order valence-corrected chi connectivity index (χ2v) is 3.94. The molecule has 1 atom stereocenters. The lowest BCUT2D eigenvalue weighted by Crippen LogP contribution is -2.29. The zero-order valence-corrected chi connectivity index (χ0v) is 9.55. The third-order valence-corrected chi connectivity index (χ3v) is 2.70. The highest BCUT2D eigenvalue weighted by atomic mass is 35.5. The first-order valence-electron chi connectivity index (χ1n) is 4.42. The number of benzene rings is 1. The summed E-state index contributed by atoms with van der Waals surface area (Å²) in [6.07, 6.45) is 2.05. The van der Waals surface area contributed by atoms with E-state index in [0.29, 0.717) is 22.0 Å². The van der Waals surface area contributed by atoms with Gasteiger partial charge in [-0.3, -0.25) is 4.79 Å². The number of Topliss-reactive ketones (excluding diaryl/α,β-unsaturated/α-hetero) is 1. The maximum atomic E-state index is 11.7. The van der Waals surface area contributed by atoms with Crippen molar-refractivity contribution in [2.24, 2.45) is 5.73 Å². The summed E-state index contributed by atoms with van der Waals surface area (Å²) in [5.74, 6) is -0.159. The van der Waals surface area contributed by atoms with Crippen LogP contribution in [0.3, 0.4) is 0 Å². The van der Waals surface area contributed by atoms with Crippen molar-refractivity contribution < 1.29 is 4.79 Å². The summed E-state index contributed by atoms with van der Waals surface area (Å²) in [6, 6.07) is 4.15.